The summed E-state index contributed by atoms with van der Waals surface area (Å²) in [5.74, 6) is 0.399. The quantitative estimate of drug-likeness (QED) is 0.838. The van der Waals surface area contributed by atoms with Gasteiger partial charge in [0, 0.05) is 12.6 Å². The third-order valence-electron chi connectivity index (χ3n) is 3.85. The molecule has 0 aliphatic heterocycles. The van der Waals surface area contributed by atoms with E-state index >= 15 is 0 Å². The highest BCUT2D eigenvalue weighted by Crippen LogP contribution is 2.23. The molecule has 0 aromatic carbocycles. The van der Waals surface area contributed by atoms with E-state index in [1.54, 1.807) is 6.92 Å². The number of carbonyl (C=O) groups excluding carboxylic acids is 1. The maximum Gasteiger partial charge on any atom is 0.273 e. The molecule has 0 unspecified atom stereocenters. The van der Waals surface area contributed by atoms with Gasteiger partial charge in [-0.25, -0.2) is 0 Å². The van der Waals surface area contributed by atoms with E-state index in [2.05, 4.69) is 15.2 Å². The van der Waals surface area contributed by atoms with Gasteiger partial charge in [-0.05, 0) is 26.7 Å². The van der Waals surface area contributed by atoms with Gasteiger partial charge in [-0.15, -0.1) is 10.2 Å². The van der Waals surface area contributed by atoms with Crippen molar-refractivity contribution in [2.75, 3.05) is 12.3 Å². The number of H-pyrrole nitrogens is 1. The van der Waals surface area contributed by atoms with Crippen molar-refractivity contribution in [2.24, 2.45) is 0 Å². The van der Waals surface area contributed by atoms with Crippen molar-refractivity contribution in [2.45, 2.75) is 57.1 Å². The zero-order chi connectivity index (χ0) is 15.2. The van der Waals surface area contributed by atoms with Crippen LogP contribution in [0.25, 0.3) is 0 Å². The Morgan fingerprint density at radius 2 is 2.05 bits per heavy atom. The third-order valence-corrected chi connectivity index (χ3v) is 4.70. The van der Waals surface area contributed by atoms with Crippen molar-refractivity contribution in [3.63, 3.8) is 0 Å². The van der Waals surface area contributed by atoms with E-state index in [1.165, 1.54) is 31.0 Å². The van der Waals surface area contributed by atoms with Crippen molar-refractivity contribution in [3.05, 3.63) is 16.0 Å². The molecular formula is C14H22N4O2S. The highest BCUT2D eigenvalue weighted by Gasteiger charge is 2.24. The summed E-state index contributed by atoms with van der Waals surface area (Å²) in [6, 6.07) is 0.375. The van der Waals surface area contributed by atoms with Crippen molar-refractivity contribution in [1.82, 2.24) is 20.1 Å². The molecule has 1 aliphatic rings. The number of aromatic nitrogens is 3. The molecule has 0 radical (unpaired) electrons. The van der Waals surface area contributed by atoms with Gasteiger partial charge in [0.05, 0.1) is 5.75 Å². The Balaban J connectivity index is 1.92. The monoisotopic (exact) mass is 310 g/mol. The molecule has 0 atom stereocenters. The molecule has 1 N–H and O–H groups in total. The maximum absolute atomic E-state index is 12.4. The van der Waals surface area contributed by atoms with Crippen LogP contribution in [0.15, 0.2) is 9.95 Å². The first-order chi connectivity index (χ1) is 10.1. The third kappa shape index (κ3) is 4.30. The molecular weight excluding hydrogens is 288 g/mol. The lowest BCUT2D eigenvalue weighted by atomic mass is 9.94. The summed E-state index contributed by atoms with van der Waals surface area (Å²) >= 11 is 1.24. The Morgan fingerprint density at radius 1 is 1.33 bits per heavy atom. The number of thioether (sulfide) groups is 1. The van der Waals surface area contributed by atoms with Crippen LogP contribution in [0, 0.1) is 6.92 Å². The van der Waals surface area contributed by atoms with Gasteiger partial charge in [0.15, 0.2) is 5.16 Å². The minimum Gasteiger partial charge on any atom is -0.339 e. The fourth-order valence-corrected chi connectivity index (χ4v) is 3.38. The maximum atomic E-state index is 12.4. The zero-order valence-corrected chi connectivity index (χ0v) is 13.4. The van der Waals surface area contributed by atoms with Gasteiger partial charge in [-0.1, -0.05) is 31.0 Å². The van der Waals surface area contributed by atoms with E-state index in [0.717, 1.165) is 19.4 Å². The second-order valence-corrected chi connectivity index (χ2v) is 6.27. The van der Waals surface area contributed by atoms with Gasteiger partial charge >= 0.3 is 0 Å². The minimum absolute atomic E-state index is 0.109. The molecule has 1 heterocycles. The van der Waals surface area contributed by atoms with Crippen molar-refractivity contribution >= 4 is 17.7 Å². The number of nitrogens with zero attached hydrogens (tertiary/aromatic N) is 3. The number of hydrogen-bond donors (Lipinski definition) is 1. The van der Waals surface area contributed by atoms with E-state index < -0.39 is 0 Å². The average Bonchev–Trinajstić information content (AvgIpc) is 2.50. The van der Waals surface area contributed by atoms with Crippen LogP contribution in [-0.4, -0.2) is 44.3 Å². The normalized spacial score (nSPS) is 15.9. The van der Waals surface area contributed by atoms with Crippen molar-refractivity contribution < 1.29 is 4.79 Å². The van der Waals surface area contributed by atoms with E-state index in [0.29, 0.717) is 16.9 Å². The molecule has 0 saturated heterocycles. The number of rotatable bonds is 5. The Morgan fingerprint density at radius 3 is 2.67 bits per heavy atom. The van der Waals surface area contributed by atoms with Gasteiger partial charge in [-0.3, -0.25) is 14.6 Å². The second kappa shape index (κ2) is 7.59. The highest BCUT2D eigenvalue weighted by molar-refractivity contribution is 7.99. The molecule has 1 aromatic rings. The van der Waals surface area contributed by atoms with Crippen molar-refractivity contribution in [3.8, 4) is 0 Å². The summed E-state index contributed by atoms with van der Waals surface area (Å²) in [4.78, 5) is 28.4. The molecule has 1 saturated carbocycles. The molecule has 116 valence electrons. The van der Waals surface area contributed by atoms with Crippen LogP contribution in [0.4, 0.5) is 0 Å². The van der Waals surface area contributed by atoms with E-state index in [9.17, 15) is 9.59 Å². The second-order valence-electron chi connectivity index (χ2n) is 5.30. The molecule has 21 heavy (non-hydrogen) atoms. The van der Waals surface area contributed by atoms with Crippen LogP contribution < -0.4 is 5.56 Å². The molecule has 1 aromatic heterocycles. The van der Waals surface area contributed by atoms with E-state index in [-0.39, 0.29) is 17.2 Å². The summed E-state index contributed by atoms with van der Waals surface area (Å²) in [5, 5.41) is 8.07. The van der Waals surface area contributed by atoms with Gasteiger partial charge in [0.25, 0.3) is 5.56 Å². The molecule has 1 amide bonds. The Labute approximate surface area is 128 Å². The van der Waals surface area contributed by atoms with Crippen LogP contribution in [0.3, 0.4) is 0 Å². The largest absolute Gasteiger partial charge is 0.339 e. The summed E-state index contributed by atoms with van der Waals surface area (Å²) in [6.45, 7) is 4.36. The van der Waals surface area contributed by atoms with Gasteiger partial charge in [-0.2, -0.15) is 0 Å². The predicted molar refractivity (Wildman–Crippen MR) is 82.4 cm³/mol. The average molecular weight is 310 g/mol. The summed E-state index contributed by atoms with van der Waals surface area (Å²) < 4.78 is 0. The molecule has 0 bridgehead atoms. The fraction of sp³-hybridized carbons (Fsp3) is 0.714. The predicted octanol–water partition coefficient (Wildman–Crippen LogP) is 1.75. The Kier molecular flexibility index (Phi) is 5.78. The lowest BCUT2D eigenvalue weighted by molar-refractivity contribution is -0.131. The Hall–Kier alpha value is -1.37. The number of hydrogen-bond acceptors (Lipinski definition) is 5. The first-order valence-electron chi connectivity index (χ1n) is 7.47. The lowest BCUT2D eigenvalue weighted by Gasteiger charge is -2.33. The SMILES string of the molecule is CCN(C(=O)CSc1nnc(C)c(=O)[nH]1)C1CCCCC1. The topological polar surface area (TPSA) is 79.0 Å². The standard InChI is InChI=1S/C14H22N4O2S/c1-3-18(11-7-5-4-6-8-11)12(19)9-21-14-15-13(20)10(2)16-17-14/h11H,3-9H2,1-2H3,(H,15,17,20). The molecule has 6 nitrogen and oxygen atoms in total. The lowest BCUT2D eigenvalue weighted by Crippen LogP contribution is -2.42. The summed E-state index contributed by atoms with van der Waals surface area (Å²) in [7, 11) is 0. The van der Waals surface area contributed by atoms with Crippen LogP contribution in [-0.2, 0) is 4.79 Å². The number of nitrogens with one attached hydrogen (secondary N) is 1. The number of amides is 1. The van der Waals surface area contributed by atoms with E-state index in [1.807, 2.05) is 11.8 Å². The van der Waals surface area contributed by atoms with Gasteiger partial charge in [0.1, 0.15) is 5.69 Å². The fourth-order valence-electron chi connectivity index (χ4n) is 2.69. The number of aromatic amines is 1. The highest BCUT2D eigenvalue weighted by atomic mass is 32.2. The zero-order valence-electron chi connectivity index (χ0n) is 12.6. The van der Waals surface area contributed by atoms with Crippen molar-refractivity contribution in [1.29, 1.82) is 0 Å². The number of aryl methyl sites for hydroxylation is 1. The van der Waals surface area contributed by atoms with Gasteiger partial charge in [0.2, 0.25) is 5.91 Å². The molecule has 1 fully saturated rings. The van der Waals surface area contributed by atoms with Crippen LogP contribution in [0.2, 0.25) is 0 Å². The number of carbonyl (C=O) groups is 1. The first-order valence-corrected chi connectivity index (χ1v) is 8.46. The van der Waals surface area contributed by atoms with Crippen LogP contribution in [0.5, 0.6) is 0 Å². The van der Waals surface area contributed by atoms with Crippen LogP contribution in [0.1, 0.15) is 44.7 Å². The smallest absolute Gasteiger partial charge is 0.273 e. The first kappa shape index (κ1) is 16.0. The summed E-state index contributed by atoms with van der Waals surface area (Å²) in [5.41, 5.74) is 0.0858. The minimum atomic E-state index is -0.250. The summed E-state index contributed by atoms with van der Waals surface area (Å²) in [6.07, 6.45) is 5.89. The molecule has 0 spiro atoms. The van der Waals surface area contributed by atoms with E-state index in [4.69, 9.17) is 0 Å². The molecule has 1 aliphatic carbocycles. The molecule has 7 heteroatoms. The van der Waals surface area contributed by atoms with Gasteiger partial charge < -0.3 is 4.90 Å². The Bertz CT molecular complexity index is 540. The van der Waals surface area contributed by atoms with Crippen LogP contribution >= 0.6 is 11.8 Å². The molecule has 2 rings (SSSR count).